The Morgan fingerprint density at radius 2 is 1.73 bits per heavy atom. The fourth-order valence-electron chi connectivity index (χ4n) is 1.05. The second-order valence-corrected chi connectivity index (χ2v) is 2.81. The first-order valence-corrected chi connectivity index (χ1v) is 4.60. The van der Waals surface area contributed by atoms with Gasteiger partial charge in [-0.05, 0) is 6.42 Å². The lowest BCUT2D eigenvalue weighted by Crippen LogP contribution is -1.98. The molecule has 0 saturated heterocycles. The molecule has 1 N–H and O–H groups in total. The van der Waals surface area contributed by atoms with Crippen molar-refractivity contribution >= 4 is 7.69 Å². The Hall–Kier alpha value is -0.0151. The zero-order valence-corrected chi connectivity index (χ0v) is 7.51. The lowest BCUT2D eigenvalue weighted by molar-refractivity contribution is 0.274. The number of unbranched alkanes of at least 4 members (excludes halogenated alkanes) is 5. The van der Waals surface area contributed by atoms with E-state index >= 15 is 0 Å². The van der Waals surface area contributed by atoms with Crippen LogP contribution in [0.5, 0.6) is 0 Å². The van der Waals surface area contributed by atoms with Crippen molar-refractivity contribution in [3.05, 3.63) is 0 Å². The Labute approximate surface area is 70.3 Å². The quantitative estimate of drug-likeness (QED) is 0.429. The van der Waals surface area contributed by atoms with Gasteiger partial charge in [-0.3, -0.25) is 0 Å². The summed E-state index contributed by atoms with van der Waals surface area (Å²) in [5.41, 5.74) is 0. The Morgan fingerprint density at radius 1 is 1.09 bits per heavy atom. The fraction of sp³-hybridized carbons (Fsp3) is 1.00. The molecule has 0 aromatic heterocycles. The van der Waals surface area contributed by atoms with E-state index in [0.717, 1.165) is 6.42 Å². The first-order chi connectivity index (χ1) is 5.41. The van der Waals surface area contributed by atoms with Gasteiger partial charge in [0, 0.05) is 6.61 Å². The summed E-state index contributed by atoms with van der Waals surface area (Å²) in [6.07, 6.45) is 7.62. The molecular weight excluding hydrogens is 139 g/mol. The number of hydrogen-bond acceptors (Lipinski definition) is 2. The lowest BCUT2D eigenvalue weighted by Gasteiger charge is -1.99. The Kier molecular flexibility index (Phi) is 9.97. The fourth-order valence-corrected chi connectivity index (χ4v) is 1.05. The van der Waals surface area contributed by atoms with Crippen molar-refractivity contribution in [2.75, 3.05) is 6.61 Å². The minimum atomic E-state index is -0.130. The van der Waals surface area contributed by atoms with E-state index in [1.54, 1.807) is 0 Å². The van der Waals surface area contributed by atoms with Crippen molar-refractivity contribution < 1.29 is 9.68 Å². The molecule has 2 nitrogen and oxygen atoms in total. The highest BCUT2D eigenvalue weighted by Crippen LogP contribution is 2.04. The van der Waals surface area contributed by atoms with Gasteiger partial charge < -0.3 is 9.68 Å². The molecule has 3 heteroatoms. The van der Waals surface area contributed by atoms with E-state index in [-0.39, 0.29) is 7.69 Å². The van der Waals surface area contributed by atoms with E-state index in [2.05, 4.69) is 6.92 Å². The predicted octanol–water partition coefficient (Wildman–Crippen LogP) is 1.62. The van der Waals surface area contributed by atoms with Crippen LogP contribution in [-0.4, -0.2) is 19.3 Å². The van der Waals surface area contributed by atoms with Crippen molar-refractivity contribution in [2.45, 2.75) is 45.4 Å². The maximum atomic E-state index is 8.28. The highest BCUT2D eigenvalue weighted by molar-refractivity contribution is 6.15. The predicted molar refractivity (Wildman–Crippen MR) is 48.7 cm³/mol. The van der Waals surface area contributed by atoms with Crippen LogP contribution in [0.4, 0.5) is 0 Å². The first-order valence-electron chi connectivity index (χ1n) is 4.60. The molecule has 0 saturated carbocycles. The van der Waals surface area contributed by atoms with Crippen LogP contribution in [0.3, 0.4) is 0 Å². The topological polar surface area (TPSA) is 29.5 Å². The summed E-state index contributed by atoms with van der Waals surface area (Å²) < 4.78 is 4.80. The van der Waals surface area contributed by atoms with Crippen LogP contribution >= 0.6 is 0 Å². The molecule has 0 fully saturated rings. The molecule has 0 atom stereocenters. The van der Waals surface area contributed by atoms with E-state index in [1.165, 1.54) is 32.1 Å². The first kappa shape index (κ1) is 11.0. The van der Waals surface area contributed by atoms with Crippen LogP contribution < -0.4 is 0 Å². The van der Waals surface area contributed by atoms with E-state index in [0.29, 0.717) is 6.61 Å². The third-order valence-corrected chi connectivity index (χ3v) is 1.73. The standard InChI is InChI=1S/C8H19BO2/c1-2-3-4-5-6-7-8-11-9-10/h9-10H,2-8H2,1H3. The van der Waals surface area contributed by atoms with Crippen molar-refractivity contribution in [3.63, 3.8) is 0 Å². The van der Waals surface area contributed by atoms with Crippen LogP contribution in [0.25, 0.3) is 0 Å². The van der Waals surface area contributed by atoms with Gasteiger partial charge >= 0.3 is 7.69 Å². The van der Waals surface area contributed by atoms with E-state index in [1.807, 2.05) is 0 Å². The molecule has 0 aromatic carbocycles. The number of rotatable bonds is 8. The van der Waals surface area contributed by atoms with Gasteiger partial charge in [-0.15, -0.1) is 0 Å². The van der Waals surface area contributed by atoms with Crippen LogP contribution in [0.2, 0.25) is 0 Å². The normalized spacial score (nSPS) is 10.0. The molecule has 0 amide bonds. The maximum absolute atomic E-state index is 8.28. The second-order valence-electron chi connectivity index (χ2n) is 2.81. The molecule has 0 radical (unpaired) electrons. The Bertz CT molecular complexity index is 61.1. The largest absolute Gasteiger partial charge is 0.435 e. The molecule has 0 rings (SSSR count). The van der Waals surface area contributed by atoms with Crippen LogP contribution in [-0.2, 0) is 4.65 Å². The van der Waals surface area contributed by atoms with Gasteiger partial charge in [0.2, 0.25) is 0 Å². The van der Waals surface area contributed by atoms with Gasteiger partial charge in [0.1, 0.15) is 0 Å². The van der Waals surface area contributed by atoms with Crippen LogP contribution in [0.1, 0.15) is 45.4 Å². The van der Waals surface area contributed by atoms with Crippen molar-refractivity contribution in [2.24, 2.45) is 0 Å². The summed E-state index contributed by atoms with van der Waals surface area (Å²) in [5.74, 6) is 0. The van der Waals surface area contributed by atoms with Gasteiger partial charge in [-0.2, -0.15) is 0 Å². The summed E-state index contributed by atoms with van der Waals surface area (Å²) in [6.45, 7) is 2.93. The molecule has 0 aliphatic heterocycles. The monoisotopic (exact) mass is 158 g/mol. The second kappa shape index (κ2) is 9.98. The molecule has 0 aromatic rings. The lowest BCUT2D eigenvalue weighted by atomic mass is 10.1. The smallest absolute Gasteiger partial charge is 0.430 e. The van der Waals surface area contributed by atoms with E-state index < -0.39 is 0 Å². The molecule has 66 valence electrons. The van der Waals surface area contributed by atoms with Crippen LogP contribution in [0, 0.1) is 0 Å². The highest BCUT2D eigenvalue weighted by Gasteiger charge is 1.89. The van der Waals surface area contributed by atoms with Gasteiger partial charge in [-0.1, -0.05) is 39.0 Å². The summed E-state index contributed by atoms with van der Waals surface area (Å²) in [6, 6.07) is 0. The molecular formula is C8H19BO2. The van der Waals surface area contributed by atoms with E-state index in [4.69, 9.17) is 9.68 Å². The summed E-state index contributed by atoms with van der Waals surface area (Å²) in [5, 5.41) is 8.28. The van der Waals surface area contributed by atoms with Crippen molar-refractivity contribution in [1.29, 1.82) is 0 Å². The van der Waals surface area contributed by atoms with E-state index in [9.17, 15) is 0 Å². The van der Waals surface area contributed by atoms with Crippen molar-refractivity contribution in [3.8, 4) is 0 Å². The van der Waals surface area contributed by atoms with Gasteiger partial charge in [0.05, 0.1) is 0 Å². The third kappa shape index (κ3) is 9.98. The summed E-state index contributed by atoms with van der Waals surface area (Å²) in [4.78, 5) is 0. The molecule has 0 bridgehead atoms. The Morgan fingerprint density at radius 3 is 2.36 bits per heavy atom. The maximum Gasteiger partial charge on any atom is 0.435 e. The summed E-state index contributed by atoms with van der Waals surface area (Å²) in [7, 11) is -0.130. The summed E-state index contributed by atoms with van der Waals surface area (Å²) >= 11 is 0. The van der Waals surface area contributed by atoms with Crippen LogP contribution in [0.15, 0.2) is 0 Å². The average molecular weight is 158 g/mol. The minimum Gasteiger partial charge on any atom is -0.430 e. The van der Waals surface area contributed by atoms with Crippen molar-refractivity contribution in [1.82, 2.24) is 0 Å². The van der Waals surface area contributed by atoms with Gasteiger partial charge in [-0.25, -0.2) is 0 Å². The molecule has 0 aliphatic carbocycles. The SMILES string of the molecule is CCCCCCCCOBO. The van der Waals surface area contributed by atoms with Gasteiger partial charge in [0.25, 0.3) is 0 Å². The molecule has 0 aliphatic rings. The molecule has 11 heavy (non-hydrogen) atoms. The molecule has 0 spiro atoms. The highest BCUT2D eigenvalue weighted by atomic mass is 16.5. The minimum absolute atomic E-state index is 0.130. The zero-order valence-electron chi connectivity index (χ0n) is 7.51. The molecule has 0 unspecified atom stereocenters. The third-order valence-electron chi connectivity index (χ3n) is 1.73. The van der Waals surface area contributed by atoms with Gasteiger partial charge in [0.15, 0.2) is 0 Å². The number of hydrogen-bond donors (Lipinski definition) is 1. The Balaban J connectivity index is 2.69. The average Bonchev–Trinajstić information content (AvgIpc) is 2.03. The zero-order chi connectivity index (χ0) is 8.36. The molecule has 0 heterocycles.